The fraction of sp³-hybridized carbons (Fsp3) is 0.406. The summed E-state index contributed by atoms with van der Waals surface area (Å²) in [5.41, 5.74) is 1.83. The number of carboxylic acids is 1. The van der Waals surface area contributed by atoms with Crippen molar-refractivity contribution in [2.45, 2.75) is 65.9 Å². The highest BCUT2D eigenvalue weighted by Crippen LogP contribution is 2.56. The number of Topliss-reactive ketones (excluding diaryl/α,β-unsaturated/α-hetero) is 2. The standard InChI is InChI=1S/C32H32Cl2FNO5/c1-31(2)11-22-28(24(37)13-31)27(29-23(36(22)15-26(39)40)12-32(3,4)14-25(29)38)19-9-18(33)10-20(34)30(19)41-16-17-7-5-6-8-21(17)35/h5-10,27H,11-16H2,1-4H3,(H,39,40). The molecule has 2 aliphatic carbocycles. The molecule has 3 aliphatic rings. The maximum Gasteiger partial charge on any atom is 0.323 e. The van der Waals surface area contributed by atoms with E-state index in [-0.39, 0.29) is 53.4 Å². The van der Waals surface area contributed by atoms with Crippen LogP contribution in [0.2, 0.25) is 10.0 Å². The van der Waals surface area contributed by atoms with Gasteiger partial charge in [0, 0.05) is 57.4 Å². The van der Waals surface area contributed by atoms with Gasteiger partial charge in [0.25, 0.3) is 0 Å². The van der Waals surface area contributed by atoms with Crippen molar-refractivity contribution in [3.63, 3.8) is 0 Å². The molecule has 0 saturated heterocycles. The Kier molecular flexibility index (Phi) is 7.58. The van der Waals surface area contributed by atoms with Crippen LogP contribution in [0.5, 0.6) is 5.75 Å². The first-order chi connectivity index (χ1) is 19.2. The van der Waals surface area contributed by atoms with Crippen LogP contribution < -0.4 is 4.74 Å². The minimum atomic E-state index is -1.06. The maximum absolute atomic E-state index is 14.5. The predicted molar refractivity (Wildman–Crippen MR) is 154 cm³/mol. The molecule has 5 rings (SSSR count). The van der Waals surface area contributed by atoms with Gasteiger partial charge >= 0.3 is 5.97 Å². The summed E-state index contributed by atoms with van der Waals surface area (Å²) in [5.74, 6) is -2.50. The molecule has 216 valence electrons. The van der Waals surface area contributed by atoms with Gasteiger partial charge in [-0.25, -0.2) is 4.39 Å². The fourth-order valence-electron chi connectivity index (χ4n) is 6.40. The Bertz CT molecular complexity index is 1490. The van der Waals surface area contributed by atoms with Crippen LogP contribution in [0, 0.1) is 16.6 Å². The van der Waals surface area contributed by atoms with Gasteiger partial charge in [0.15, 0.2) is 11.6 Å². The molecule has 0 aromatic heterocycles. The second-order valence-electron chi connectivity index (χ2n) is 12.7. The maximum atomic E-state index is 14.5. The van der Waals surface area contributed by atoms with Crippen LogP contribution in [0.3, 0.4) is 0 Å². The van der Waals surface area contributed by atoms with Crippen LogP contribution in [0.15, 0.2) is 58.9 Å². The van der Waals surface area contributed by atoms with Gasteiger partial charge in [0.2, 0.25) is 0 Å². The van der Waals surface area contributed by atoms with Gasteiger partial charge in [-0.05, 0) is 41.9 Å². The number of halogens is 3. The summed E-state index contributed by atoms with van der Waals surface area (Å²) in [5, 5.41) is 10.3. The third kappa shape index (κ3) is 5.67. The average molecular weight is 601 g/mol. The minimum Gasteiger partial charge on any atom is -0.487 e. The second-order valence-corrected chi connectivity index (χ2v) is 13.5. The van der Waals surface area contributed by atoms with Crippen molar-refractivity contribution in [2.24, 2.45) is 10.8 Å². The lowest BCUT2D eigenvalue weighted by Crippen LogP contribution is -2.45. The molecular weight excluding hydrogens is 568 g/mol. The molecule has 0 amide bonds. The largest absolute Gasteiger partial charge is 0.487 e. The van der Waals surface area contributed by atoms with Gasteiger partial charge in [-0.1, -0.05) is 69.1 Å². The molecular formula is C32H32Cl2FNO5. The number of aliphatic carboxylic acids is 1. The molecule has 9 heteroatoms. The smallest absolute Gasteiger partial charge is 0.323 e. The number of benzene rings is 2. The summed E-state index contributed by atoms with van der Waals surface area (Å²) < 4.78 is 20.6. The van der Waals surface area contributed by atoms with Crippen LogP contribution in [0.4, 0.5) is 4.39 Å². The predicted octanol–water partition coefficient (Wildman–Crippen LogP) is 7.48. The molecule has 0 atom stereocenters. The number of hydrogen-bond donors (Lipinski definition) is 1. The highest BCUT2D eigenvalue weighted by atomic mass is 35.5. The lowest BCUT2D eigenvalue weighted by molar-refractivity contribution is -0.138. The number of nitrogens with zero attached hydrogens (tertiary/aromatic N) is 1. The van der Waals surface area contributed by atoms with E-state index in [2.05, 4.69) is 0 Å². The van der Waals surface area contributed by atoms with Crippen LogP contribution in [-0.2, 0) is 21.0 Å². The highest BCUT2D eigenvalue weighted by molar-refractivity contribution is 6.35. The zero-order valence-corrected chi connectivity index (χ0v) is 25.0. The van der Waals surface area contributed by atoms with Crippen LogP contribution in [-0.4, -0.2) is 34.1 Å². The fourth-order valence-corrected chi connectivity index (χ4v) is 6.96. The SMILES string of the molecule is CC1(C)CC(=O)C2=C(C1)N(CC(=O)O)C1=C(C(=O)CC(C)(C)C1)C2c1cc(Cl)cc(Cl)c1OCc1ccccc1F. The monoisotopic (exact) mass is 599 g/mol. The summed E-state index contributed by atoms with van der Waals surface area (Å²) in [6.45, 7) is 7.38. The molecule has 0 unspecified atom stereocenters. The Morgan fingerprint density at radius 3 is 2.07 bits per heavy atom. The summed E-state index contributed by atoms with van der Waals surface area (Å²) in [6, 6.07) is 9.36. The second kappa shape index (κ2) is 10.6. The van der Waals surface area contributed by atoms with Gasteiger partial charge in [-0.2, -0.15) is 0 Å². The number of carboxylic acid groups (broad SMARTS) is 1. The number of ketones is 2. The summed E-state index contributed by atoms with van der Waals surface area (Å²) in [6.07, 6.45) is 1.35. The van der Waals surface area contributed by atoms with Gasteiger partial charge in [0.1, 0.15) is 24.7 Å². The van der Waals surface area contributed by atoms with Crippen LogP contribution in [0.1, 0.15) is 70.4 Å². The molecule has 0 spiro atoms. The van der Waals surface area contributed by atoms with Crippen molar-refractivity contribution in [3.05, 3.63) is 85.9 Å². The van der Waals surface area contributed by atoms with E-state index in [0.29, 0.717) is 46.5 Å². The molecule has 1 N–H and O–H groups in total. The molecule has 2 aromatic rings. The van der Waals surface area contributed by atoms with E-state index in [1.807, 2.05) is 27.7 Å². The van der Waals surface area contributed by atoms with E-state index in [0.717, 1.165) is 0 Å². The zero-order valence-electron chi connectivity index (χ0n) is 23.4. The molecule has 0 radical (unpaired) electrons. The number of allylic oxidation sites excluding steroid dienone is 4. The van der Waals surface area contributed by atoms with E-state index in [1.165, 1.54) is 12.1 Å². The first kappa shape index (κ1) is 29.3. The zero-order chi connectivity index (χ0) is 29.9. The molecule has 6 nitrogen and oxygen atoms in total. The van der Waals surface area contributed by atoms with E-state index in [1.54, 1.807) is 29.2 Å². The lowest BCUT2D eigenvalue weighted by atomic mass is 9.63. The van der Waals surface area contributed by atoms with Gasteiger partial charge < -0.3 is 14.7 Å². The first-order valence-electron chi connectivity index (χ1n) is 13.5. The lowest BCUT2D eigenvalue weighted by Gasteiger charge is -2.48. The Hall–Kier alpha value is -3.16. The van der Waals surface area contributed by atoms with Crippen molar-refractivity contribution in [2.75, 3.05) is 6.54 Å². The quantitative estimate of drug-likeness (QED) is 0.370. The molecule has 1 heterocycles. The summed E-state index contributed by atoms with van der Waals surface area (Å²) >= 11 is 13.2. The summed E-state index contributed by atoms with van der Waals surface area (Å²) in [7, 11) is 0. The van der Waals surface area contributed by atoms with Crippen molar-refractivity contribution < 1.29 is 28.6 Å². The average Bonchev–Trinajstić information content (AvgIpc) is 2.83. The van der Waals surface area contributed by atoms with Crippen molar-refractivity contribution in [1.82, 2.24) is 4.90 Å². The molecule has 0 bridgehead atoms. The topological polar surface area (TPSA) is 83.9 Å². The Balaban J connectivity index is 1.76. The van der Waals surface area contributed by atoms with Gasteiger partial charge in [0.05, 0.1) is 5.02 Å². The van der Waals surface area contributed by atoms with Crippen molar-refractivity contribution >= 4 is 40.7 Å². The number of rotatable bonds is 6. The number of carbonyl (C=O) groups excluding carboxylic acids is 2. The van der Waals surface area contributed by atoms with Gasteiger partial charge in [-0.3, -0.25) is 14.4 Å². The van der Waals surface area contributed by atoms with Crippen LogP contribution >= 0.6 is 23.2 Å². The van der Waals surface area contributed by atoms with E-state index < -0.39 is 28.5 Å². The third-order valence-corrected chi connectivity index (χ3v) is 8.49. The van der Waals surface area contributed by atoms with E-state index >= 15 is 0 Å². The van der Waals surface area contributed by atoms with E-state index in [4.69, 9.17) is 27.9 Å². The molecule has 2 aromatic carbocycles. The Labute approximate surface area is 248 Å². The van der Waals surface area contributed by atoms with Crippen LogP contribution in [0.25, 0.3) is 0 Å². The molecule has 41 heavy (non-hydrogen) atoms. The molecule has 0 saturated carbocycles. The molecule has 0 fully saturated rings. The molecule has 1 aliphatic heterocycles. The first-order valence-corrected chi connectivity index (χ1v) is 14.3. The Morgan fingerprint density at radius 1 is 0.976 bits per heavy atom. The number of hydrogen-bond acceptors (Lipinski definition) is 5. The van der Waals surface area contributed by atoms with E-state index in [9.17, 15) is 23.9 Å². The van der Waals surface area contributed by atoms with Crippen molar-refractivity contribution in [3.8, 4) is 5.75 Å². The van der Waals surface area contributed by atoms with Crippen molar-refractivity contribution in [1.29, 1.82) is 0 Å². The van der Waals surface area contributed by atoms with Gasteiger partial charge in [-0.15, -0.1) is 0 Å². The third-order valence-electron chi connectivity index (χ3n) is 7.99. The normalized spacial score (nSPS) is 20.2. The minimum absolute atomic E-state index is 0.140. The number of ether oxygens (including phenoxy) is 1. The highest BCUT2D eigenvalue weighted by Gasteiger charge is 2.50. The number of carbonyl (C=O) groups is 3. The summed E-state index contributed by atoms with van der Waals surface area (Å²) in [4.78, 5) is 41.7. The Morgan fingerprint density at radius 2 is 1.54 bits per heavy atom.